The van der Waals surface area contributed by atoms with E-state index in [0.717, 1.165) is 4.90 Å². The fourth-order valence-electron chi connectivity index (χ4n) is 2.04. The van der Waals surface area contributed by atoms with E-state index in [2.05, 4.69) is 5.32 Å². The smallest absolute Gasteiger partial charge is 0.264 e. The summed E-state index contributed by atoms with van der Waals surface area (Å²) in [6.07, 6.45) is 0. The number of hydrogen-bond acceptors (Lipinski definition) is 5. The van der Waals surface area contributed by atoms with Crippen molar-refractivity contribution in [2.75, 3.05) is 30.3 Å². The van der Waals surface area contributed by atoms with Crippen LogP contribution in [0.2, 0.25) is 0 Å². The molecule has 0 radical (unpaired) electrons. The van der Waals surface area contributed by atoms with Crippen molar-refractivity contribution >= 4 is 33.4 Å². The number of benzene rings is 2. The van der Waals surface area contributed by atoms with Crippen molar-refractivity contribution < 1.29 is 18.3 Å². The van der Waals surface area contributed by atoms with Gasteiger partial charge in [-0.1, -0.05) is 18.2 Å². The van der Waals surface area contributed by atoms with E-state index in [1.165, 1.54) is 35.2 Å². The summed E-state index contributed by atoms with van der Waals surface area (Å²) in [6.45, 7) is 0.125. The maximum atomic E-state index is 12.7. The Kier molecular flexibility index (Phi) is 6.86. The van der Waals surface area contributed by atoms with Crippen LogP contribution in [0.25, 0.3) is 0 Å². The van der Waals surface area contributed by atoms with Crippen molar-refractivity contribution in [1.82, 2.24) is 5.32 Å². The Bertz CT molecular complexity index is 793. The first-order chi connectivity index (χ1) is 11.9. The van der Waals surface area contributed by atoms with E-state index in [4.69, 9.17) is 5.11 Å². The second-order valence-electron chi connectivity index (χ2n) is 5.14. The minimum absolute atomic E-state index is 0.0993. The van der Waals surface area contributed by atoms with Gasteiger partial charge in [0, 0.05) is 18.5 Å². The number of sulfonamides is 1. The fourth-order valence-corrected chi connectivity index (χ4v) is 3.96. The van der Waals surface area contributed by atoms with E-state index in [1.807, 2.05) is 6.07 Å². The number of aliphatic hydroxyl groups excluding tert-OH is 1. The van der Waals surface area contributed by atoms with Gasteiger partial charge >= 0.3 is 0 Å². The fraction of sp³-hybridized carbons (Fsp3) is 0.235. The third-order valence-corrected chi connectivity index (χ3v) is 6.22. The second kappa shape index (κ2) is 8.89. The average molecular weight is 380 g/mol. The first-order valence-electron chi connectivity index (χ1n) is 7.59. The zero-order valence-corrected chi connectivity index (χ0v) is 15.4. The summed E-state index contributed by atoms with van der Waals surface area (Å²) >= 11 is 1.30. The molecule has 0 saturated heterocycles. The molecule has 1 amide bonds. The molecule has 0 bridgehead atoms. The summed E-state index contributed by atoms with van der Waals surface area (Å²) in [7, 11) is -2.12. The van der Waals surface area contributed by atoms with E-state index >= 15 is 0 Å². The highest BCUT2D eigenvalue weighted by atomic mass is 32.2. The number of aliphatic hydroxyl groups is 1. The maximum absolute atomic E-state index is 12.7. The molecular weight excluding hydrogens is 360 g/mol. The van der Waals surface area contributed by atoms with Crippen molar-refractivity contribution in [2.45, 2.75) is 9.79 Å². The molecular formula is C17H20N2O4S2. The van der Waals surface area contributed by atoms with Gasteiger partial charge in [-0.2, -0.15) is 0 Å². The summed E-state index contributed by atoms with van der Waals surface area (Å²) in [6, 6.07) is 15.3. The normalized spacial score (nSPS) is 11.1. The van der Waals surface area contributed by atoms with Crippen LogP contribution in [0.3, 0.4) is 0 Å². The third-order valence-electron chi connectivity index (χ3n) is 3.41. The summed E-state index contributed by atoms with van der Waals surface area (Å²) in [5.41, 5.74) is 0.585. The van der Waals surface area contributed by atoms with Crippen molar-refractivity contribution in [3.63, 3.8) is 0 Å². The van der Waals surface area contributed by atoms with Gasteiger partial charge in [0.2, 0.25) is 5.91 Å². The molecule has 0 aliphatic carbocycles. The lowest BCUT2D eigenvalue weighted by atomic mass is 10.3. The van der Waals surface area contributed by atoms with Crippen molar-refractivity contribution in [1.29, 1.82) is 0 Å². The Morgan fingerprint density at radius 2 is 1.76 bits per heavy atom. The number of carbonyl (C=O) groups is 1. The molecule has 0 aromatic heterocycles. The monoisotopic (exact) mass is 380 g/mol. The Labute approximate surface area is 151 Å². The lowest BCUT2D eigenvalue weighted by Gasteiger charge is -2.19. The van der Waals surface area contributed by atoms with Gasteiger partial charge in [-0.3, -0.25) is 9.10 Å². The third kappa shape index (κ3) is 5.22. The zero-order chi connectivity index (χ0) is 18.3. The number of carbonyl (C=O) groups excluding carboxylic acids is 1. The van der Waals surface area contributed by atoms with Gasteiger partial charge in [-0.05, 0) is 36.4 Å². The molecule has 0 aliphatic heterocycles. The molecule has 2 aromatic rings. The largest absolute Gasteiger partial charge is 0.395 e. The number of amides is 1. The molecule has 0 aliphatic rings. The Morgan fingerprint density at radius 1 is 1.12 bits per heavy atom. The zero-order valence-electron chi connectivity index (χ0n) is 13.8. The standard InChI is InChI=1S/C17H20N2O4S2/c1-19(14-5-3-2-4-6-14)25(22,23)16-9-7-15(8-10-16)24-13-17(21)18-11-12-20/h2-10,20H,11-13H2,1H3,(H,18,21). The molecule has 0 saturated carbocycles. The highest BCUT2D eigenvalue weighted by Gasteiger charge is 2.20. The lowest BCUT2D eigenvalue weighted by molar-refractivity contribution is -0.118. The van der Waals surface area contributed by atoms with Crippen molar-refractivity contribution in [2.24, 2.45) is 0 Å². The Morgan fingerprint density at radius 3 is 2.36 bits per heavy atom. The predicted molar refractivity (Wildman–Crippen MR) is 99.3 cm³/mol. The molecule has 0 spiro atoms. The van der Waals surface area contributed by atoms with E-state index in [-0.39, 0.29) is 29.7 Å². The lowest BCUT2D eigenvalue weighted by Crippen LogP contribution is -2.27. The van der Waals surface area contributed by atoms with Gasteiger partial charge in [0.05, 0.1) is 22.9 Å². The molecule has 134 valence electrons. The Balaban J connectivity index is 2.04. The number of nitrogens with one attached hydrogen (secondary N) is 1. The van der Waals surface area contributed by atoms with Gasteiger partial charge < -0.3 is 10.4 Å². The van der Waals surface area contributed by atoms with Crippen LogP contribution >= 0.6 is 11.8 Å². The van der Waals surface area contributed by atoms with Crippen LogP contribution < -0.4 is 9.62 Å². The van der Waals surface area contributed by atoms with Gasteiger partial charge in [0.25, 0.3) is 10.0 Å². The molecule has 6 nitrogen and oxygen atoms in total. The first kappa shape index (κ1) is 19.3. The number of rotatable bonds is 8. The van der Waals surface area contributed by atoms with Crippen LogP contribution in [0.5, 0.6) is 0 Å². The average Bonchev–Trinajstić information content (AvgIpc) is 2.65. The van der Waals surface area contributed by atoms with Gasteiger partial charge in [-0.25, -0.2) is 8.42 Å². The number of thioether (sulfide) groups is 1. The van der Waals surface area contributed by atoms with Crippen molar-refractivity contribution in [3.05, 3.63) is 54.6 Å². The Hall–Kier alpha value is -2.03. The highest BCUT2D eigenvalue weighted by Crippen LogP contribution is 2.24. The minimum atomic E-state index is -3.64. The summed E-state index contributed by atoms with van der Waals surface area (Å²) < 4.78 is 26.6. The topological polar surface area (TPSA) is 86.7 Å². The van der Waals surface area contributed by atoms with Crippen LogP contribution in [0.15, 0.2) is 64.4 Å². The molecule has 25 heavy (non-hydrogen) atoms. The number of nitrogens with zero attached hydrogens (tertiary/aromatic N) is 1. The molecule has 2 rings (SSSR count). The molecule has 0 unspecified atom stereocenters. The molecule has 8 heteroatoms. The van der Waals surface area contributed by atoms with Crippen LogP contribution in [-0.4, -0.2) is 45.4 Å². The summed E-state index contributed by atoms with van der Waals surface area (Å²) in [4.78, 5) is 12.5. The SMILES string of the molecule is CN(c1ccccc1)S(=O)(=O)c1ccc(SCC(=O)NCCO)cc1. The molecule has 0 atom stereocenters. The van der Waals surface area contributed by atoms with E-state index in [9.17, 15) is 13.2 Å². The molecule has 0 heterocycles. The summed E-state index contributed by atoms with van der Waals surface area (Å²) in [5.74, 6) is 0.0234. The van der Waals surface area contributed by atoms with Crippen molar-refractivity contribution in [3.8, 4) is 0 Å². The van der Waals surface area contributed by atoms with Crippen LogP contribution in [0.4, 0.5) is 5.69 Å². The maximum Gasteiger partial charge on any atom is 0.264 e. The number of anilines is 1. The minimum Gasteiger partial charge on any atom is -0.395 e. The quantitative estimate of drug-likeness (QED) is 0.681. The van der Waals surface area contributed by atoms with Gasteiger partial charge in [0.1, 0.15) is 0 Å². The van der Waals surface area contributed by atoms with Crippen LogP contribution in [-0.2, 0) is 14.8 Å². The predicted octanol–water partition coefficient (Wildman–Crippen LogP) is 1.71. The van der Waals surface area contributed by atoms with Gasteiger partial charge in [0.15, 0.2) is 0 Å². The first-order valence-corrected chi connectivity index (χ1v) is 10.0. The van der Waals surface area contributed by atoms with E-state index in [1.54, 1.807) is 36.4 Å². The second-order valence-corrected chi connectivity index (χ2v) is 8.16. The van der Waals surface area contributed by atoms with E-state index < -0.39 is 10.0 Å². The van der Waals surface area contributed by atoms with Crippen LogP contribution in [0.1, 0.15) is 0 Å². The van der Waals surface area contributed by atoms with E-state index in [0.29, 0.717) is 5.69 Å². The number of hydrogen-bond donors (Lipinski definition) is 2. The molecule has 2 aromatic carbocycles. The molecule has 2 N–H and O–H groups in total. The highest BCUT2D eigenvalue weighted by molar-refractivity contribution is 8.00. The van der Waals surface area contributed by atoms with Gasteiger partial charge in [-0.15, -0.1) is 11.8 Å². The number of para-hydroxylation sites is 1. The summed E-state index contributed by atoms with van der Waals surface area (Å²) in [5, 5.41) is 11.2. The molecule has 0 fully saturated rings. The van der Waals surface area contributed by atoms with Crippen LogP contribution in [0, 0.1) is 0 Å².